The molecule has 1 aliphatic rings. The zero-order chi connectivity index (χ0) is 12.3. The van der Waals surface area contributed by atoms with Crippen LogP contribution in [0.1, 0.15) is 57.2 Å². The first kappa shape index (κ1) is 12.9. The van der Waals surface area contributed by atoms with Crippen LogP contribution < -0.4 is 5.73 Å². The Bertz CT molecular complexity index is 355. The average Bonchev–Trinajstić information content (AvgIpc) is 2.94. The molecule has 1 fully saturated rings. The van der Waals surface area contributed by atoms with Crippen LogP contribution in [-0.4, -0.2) is 21.4 Å². The van der Waals surface area contributed by atoms with E-state index in [1.165, 1.54) is 12.8 Å². The van der Waals surface area contributed by atoms with Crippen molar-refractivity contribution >= 4 is 11.8 Å². The van der Waals surface area contributed by atoms with E-state index in [1.54, 1.807) is 0 Å². The molecule has 17 heavy (non-hydrogen) atoms. The molecule has 96 valence electrons. The molecule has 1 aliphatic carbocycles. The van der Waals surface area contributed by atoms with Crippen LogP contribution in [0.5, 0.6) is 0 Å². The van der Waals surface area contributed by atoms with Crippen molar-refractivity contribution < 1.29 is 4.52 Å². The maximum Gasteiger partial charge on any atom is 0.231 e. The molecule has 0 amide bonds. The Kier molecular flexibility index (Phi) is 4.45. The average molecular weight is 255 g/mol. The van der Waals surface area contributed by atoms with E-state index in [0.717, 1.165) is 30.3 Å². The van der Waals surface area contributed by atoms with Gasteiger partial charge < -0.3 is 10.3 Å². The summed E-state index contributed by atoms with van der Waals surface area (Å²) in [5.41, 5.74) is 6.03. The van der Waals surface area contributed by atoms with E-state index in [2.05, 4.69) is 24.0 Å². The summed E-state index contributed by atoms with van der Waals surface area (Å²) in [6.07, 6.45) is 4.50. The molecule has 2 rings (SSSR count). The maximum absolute atomic E-state index is 6.03. The molecule has 2 N–H and O–H groups in total. The highest BCUT2D eigenvalue weighted by atomic mass is 32.2. The SMILES string of the molecule is CCC(C)SCc1noc(C2CCCC2N)n1. The van der Waals surface area contributed by atoms with Crippen LogP contribution in [0.25, 0.3) is 0 Å². The van der Waals surface area contributed by atoms with Gasteiger partial charge in [-0.05, 0) is 19.3 Å². The molecule has 5 heteroatoms. The fourth-order valence-electron chi connectivity index (χ4n) is 2.11. The van der Waals surface area contributed by atoms with Gasteiger partial charge in [0.25, 0.3) is 0 Å². The zero-order valence-corrected chi connectivity index (χ0v) is 11.4. The molecule has 0 radical (unpaired) electrons. The Balaban J connectivity index is 1.91. The van der Waals surface area contributed by atoms with E-state index in [-0.39, 0.29) is 12.0 Å². The molecule has 3 unspecified atom stereocenters. The molecule has 4 nitrogen and oxygen atoms in total. The highest BCUT2D eigenvalue weighted by molar-refractivity contribution is 7.99. The zero-order valence-electron chi connectivity index (χ0n) is 10.6. The van der Waals surface area contributed by atoms with E-state index >= 15 is 0 Å². The summed E-state index contributed by atoms with van der Waals surface area (Å²) in [6.45, 7) is 4.41. The van der Waals surface area contributed by atoms with Crippen molar-refractivity contribution in [2.45, 2.75) is 62.5 Å². The Morgan fingerprint density at radius 3 is 3.00 bits per heavy atom. The van der Waals surface area contributed by atoms with Gasteiger partial charge in [0.15, 0.2) is 5.82 Å². The lowest BCUT2D eigenvalue weighted by Crippen LogP contribution is -2.22. The van der Waals surface area contributed by atoms with Crippen LogP contribution in [0, 0.1) is 0 Å². The van der Waals surface area contributed by atoms with Gasteiger partial charge in [-0.25, -0.2) is 0 Å². The first-order valence-corrected chi connectivity index (χ1v) is 7.45. The molecule has 0 bridgehead atoms. The van der Waals surface area contributed by atoms with Crippen LogP contribution in [0.4, 0.5) is 0 Å². The summed E-state index contributed by atoms with van der Waals surface area (Å²) in [4.78, 5) is 4.47. The molecule has 1 heterocycles. The smallest absolute Gasteiger partial charge is 0.231 e. The molecule has 1 aromatic heterocycles. The summed E-state index contributed by atoms with van der Waals surface area (Å²) in [6, 6.07) is 0.200. The number of hydrogen-bond donors (Lipinski definition) is 1. The number of thioether (sulfide) groups is 1. The fourth-order valence-corrected chi connectivity index (χ4v) is 2.89. The topological polar surface area (TPSA) is 64.9 Å². The number of aromatic nitrogens is 2. The summed E-state index contributed by atoms with van der Waals surface area (Å²) in [5.74, 6) is 2.67. The van der Waals surface area contributed by atoms with Crippen LogP contribution in [0.3, 0.4) is 0 Å². The molecular weight excluding hydrogens is 234 g/mol. The minimum absolute atomic E-state index is 0.200. The largest absolute Gasteiger partial charge is 0.339 e. The monoisotopic (exact) mass is 255 g/mol. The van der Waals surface area contributed by atoms with E-state index in [1.807, 2.05) is 11.8 Å². The van der Waals surface area contributed by atoms with Gasteiger partial charge >= 0.3 is 0 Å². The molecule has 0 spiro atoms. The standard InChI is InChI=1S/C12H21N3OS/c1-3-8(2)17-7-11-14-12(16-15-11)9-5-4-6-10(9)13/h8-10H,3-7,13H2,1-2H3. The second-order valence-electron chi connectivity index (χ2n) is 4.78. The number of nitrogens with zero attached hydrogens (tertiary/aromatic N) is 2. The lowest BCUT2D eigenvalue weighted by molar-refractivity contribution is 0.342. The highest BCUT2D eigenvalue weighted by Gasteiger charge is 2.30. The van der Waals surface area contributed by atoms with Crippen LogP contribution in [-0.2, 0) is 5.75 Å². The van der Waals surface area contributed by atoms with Gasteiger partial charge in [-0.3, -0.25) is 0 Å². The summed E-state index contributed by atoms with van der Waals surface area (Å²) in [5, 5.41) is 4.68. The Morgan fingerprint density at radius 2 is 2.35 bits per heavy atom. The summed E-state index contributed by atoms with van der Waals surface area (Å²) >= 11 is 1.87. The van der Waals surface area contributed by atoms with Crippen LogP contribution >= 0.6 is 11.8 Å². The van der Waals surface area contributed by atoms with E-state index in [4.69, 9.17) is 10.3 Å². The first-order valence-electron chi connectivity index (χ1n) is 6.40. The molecule has 0 saturated heterocycles. The van der Waals surface area contributed by atoms with Crippen molar-refractivity contribution in [1.82, 2.24) is 10.1 Å². The molecule has 1 aromatic rings. The predicted octanol–water partition coefficient (Wildman–Crippen LogP) is 2.70. The minimum Gasteiger partial charge on any atom is -0.339 e. The van der Waals surface area contributed by atoms with E-state index in [0.29, 0.717) is 5.25 Å². The fraction of sp³-hybridized carbons (Fsp3) is 0.833. The Morgan fingerprint density at radius 1 is 1.53 bits per heavy atom. The first-order chi connectivity index (χ1) is 8.20. The van der Waals surface area contributed by atoms with E-state index in [9.17, 15) is 0 Å². The van der Waals surface area contributed by atoms with E-state index < -0.39 is 0 Å². The third-order valence-electron chi connectivity index (χ3n) is 3.44. The number of hydrogen-bond acceptors (Lipinski definition) is 5. The third-order valence-corrected chi connectivity index (χ3v) is 4.77. The van der Waals surface area contributed by atoms with Crippen LogP contribution in [0.15, 0.2) is 4.52 Å². The van der Waals surface area contributed by atoms with Crippen molar-refractivity contribution in [3.05, 3.63) is 11.7 Å². The quantitative estimate of drug-likeness (QED) is 0.876. The Hall–Kier alpha value is -0.550. The summed E-state index contributed by atoms with van der Waals surface area (Å²) < 4.78 is 5.33. The number of nitrogens with two attached hydrogens (primary N) is 1. The molecular formula is C12H21N3OS. The normalized spacial score (nSPS) is 26.3. The van der Waals surface area contributed by atoms with Gasteiger partial charge in [-0.1, -0.05) is 25.4 Å². The maximum atomic E-state index is 6.03. The van der Waals surface area contributed by atoms with Crippen molar-refractivity contribution in [3.8, 4) is 0 Å². The molecule has 0 aromatic carbocycles. The van der Waals surface area contributed by atoms with Gasteiger partial charge in [0, 0.05) is 11.3 Å². The second-order valence-corrected chi connectivity index (χ2v) is 6.21. The van der Waals surface area contributed by atoms with Crippen molar-refractivity contribution in [2.75, 3.05) is 0 Å². The van der Waals surface area contributed by atoms with Crippen molar-refractivity contribution in [1.29, 1.82) is 0 Å². The third kappa shape index (κ3) is 3.22. The van der Waals surface area contributed by atoms with Gasteiger partial charge in [-0.2, -0.15) is 16.7 Å². The molecule has 0 aliphatic heterocycles. The Labute approximate surface area is 107 Å². The second kappa shape index (κ2) is 5.87. The lowest BCUT2D eigenvalue weighted by Gasteiger charge is -2.08. The lowest BCUT2D eigenvalue weighted by atomic mass is 10.1. The summed E-state index contributed by atoms with van der Waals surface area (Å²) in [7, 11) is 0. The van der Waals surface area contributed by atoms with Gasteiger partial charge in [0.05, 0.1) is 11.7 Å². The van der Waals surface area contributed by atoms with Crippen molar-refractivity contribution in [2.24, 2.45) is 5.73 Å². The highest BCUT2D eigenvalue weighted by Crippen LogP contribution is 2.32. The minimum atomic E-state index is 0.200. The van der Waals surface area contributed by atoms with Crippen molar-refractivity contribution in [3.63, 3.8) is 0 Å². The van der Waals surface area contributed by atoms with Gasteiger partial charge in [0.2, 0.25) is 5.89 Å². The van der Waals surface area contributed by atoms with Gasteiger partial charge in [-0.15, -0.1) is 0 Å². The van der Waals surface area contributed by atoms with Gasteiger partial charge in [0.1, 0.15) is 0 Å². The molecule has 3 atom stereocenters. The molecule has 1 saturated carbocycles. The number of rotatable bonds is 5. The predicted molar refractivity (Wildman–Crippen MR) is 69.9 cm³/mol. The van der Waals surface area contributed by atoms with Crippen LogP contribution in [0.2, 0.25) is 0 Å².